The van der Waals surface area contributed by atoms with Crippen LogP contribution in [0.1, 0.15) is 18.1 Å². The number of nitrogens with zero attached hydrogens (tertiary/aromatic N) is 2. The van der Waals surface area contributed by atoms with Gasteiger partial charge >= 0.3 is 10.1 Å². The molecular formula is C25H21N3O7S. The second-order valence-electron chi connectivity index (χ2n) is 7.27. The van der Waals surface area contributed by atoms with Crippen molar-refractivity contribution in [3.63, 3.8) is 0 Å². The molecule has 0 aliphatic heterocycles. The lowest BCUT2D eigenvalue weighted by Gasteiger charge is -2.13. The fourth-order valence-corrected chi connectivity index (χ4v) is 3.98. The average molecular weight is 508 g/mol. The summed E-state index contributed by atoms with van der Waals surface area (Å²) in [5.74, 6) is -0.626. The molecule has 0 aliphatic rings. The van der Waals surface area contributed by atoms with Gasteiger partial charge in [0.1, 0.15) is 16.5 Å². The normalized spacial score (nSPS) is 11.3. The lowest BCUT2D eigenvalue weighted by atomic mass is 10.1. The highest BCUT2D eigenvalue weighted by Crippen LogP contribution is 2.32. The summed E-state index contributed by atoms with van der Waals surface area (Å²) in [6, 6.07) is 19.5. The van der Waals surface area contributed by atoms with Crippen LogP contribution in [0.5, 0.6) is 11.5 Å². The standard InChI is InChI=1S/C25H21N3O7S/c1-2-34-24-15-19(14-20(16-26)25(29)27-17-18-6-4-3-5-7-18)8-13-23(24)35-36(32,33)22-11-9-21(10-12-22)28(30)31/h3-15H,2,17H2,1H3,(H,27,29)/b20-14+. The molecule has 0 spiro atoms. The first kappa shape index (κ1) is 25.9. The summed E-state index contributed by atoms with van der Waals surface area (Å²) >= 11 is 0. The Labute approximate surface area is 207 Å². The number of nitriles is 1. The molecule has 1 amide bonds. The van der Waals surface area contributed by atoms with E-state index in [0.717, 1.165) is 29.8 Å². The Morgan fingerprint density at radius 3 is 2.39 bits per heavy atom. The summed E-state index contributed by atoms with van der Waals surface area (Å²) in [6.45, 7) is 2.12. The van der Waals surface area contributed by atoms with E-state index in [0.29, 0.717) is 5.56 Å². The van der Waals surface area contributed by atoms with Crippen LogP contribution in [0.4, 0.5) is 5.69 Å². The summed E-state index contributed by atoms with van der Waals surface area (Å²) in [5, 5.41) is 22.9. The maximum atomic E-state index is 12.7. The number of benzene rings is 3. The largest absolute Gasteiger partial charge is 0.490 e. The van der Waals surface area contributed by atoms with Crippen LogP contribution in [-0.4, -0.2) is 25.9 Å². The molecule has 3 aromatic rings. The maximum absolute atomic E-state index is 12.7. The first-order valence-corrected chi connectivity index (χ1v) is 12.0. The molecule has 0 aliphatic carbocycles. The van der Waals surface area contributed by atoms with Crippen molar-refractivity contribution in [2.24, 2.45) is 0 Å². The highest BCUT2D eigenvalue weighted by atomic mass is 32.2. The molecule has 3 rings (SSSR count). The topological polar surface area (TPSA) is 149 Å². The van der Waals surface area contributed by atoms with E-state index in [-0.39, 0.29) is 40.8 Å². The number of non-ortho nitro benzene ring substituents is 1. The van der Waals surface area contributed by atoms with Crippen molar-refractivity contribution in [3.05, 3.63) is 99.6 Å². The lowest BCUT2D eigenvalue weighted by Crippen LogP contribution is -2.23. The first-order chi connectivity index (χ1) is 17.2. The minimum absolute atomic E-state index is 0.0683. The van der Waals surface area contributed by atoms with Crippen molar-refractivity contribution in [1.29, 1.82) is 5.26 Å². The predicted octanol–water partition coefficient (Wildman–Crippen LogP) is 3.98. The number of ether oxygens (including phenoxy) is 1. The number of rotatable bonds is 10. The average Bonchev–Trinajstić information content (AvgIpc) is 2.88. The van der Waals surface area contributed by atoms with Gasteiger partial charge < -0.3 is 14.2 Å². The quantitative estimate of drug-likeness (QED) is 0.142. The number of nitro benzene ring substituents is 1. The zero-order valence-corrected chi connectivity index (χ0v) is 19.9. The molecule has 0 radical (unpaired) electrons. The van der Waals surface area contributed by atoms with Gasteiger partial charge in [0.15, 0.2) is 11.5 Å². The minimum Gasteiger partial charge on any atom is -0.490 e. The van der Waals surface area contributed by atoms with Gasteiger partial charge in [-0.15, -0.1) is 0 Å². The third-order valence-electron chi connectivity index (χ3n) is 4.78. The highest BCUT2D eigenvalue weighted by molar-refractivity contribution is 7.87. The zero-order chi connectivity index (χ0) is 26.1. The molecule has 0 saturated heterocycles. The van der Waals surface area contributed by atoms with Gasteiger partial charge in [0, 0.05) is 18.7 Å². The van der Waals surface area contributed by atoms with Crippen molar-refractivity contribution in [2.45, 2.75) is 18.4 Å². The molecule has 184 valence electrons. The maximum Gasteiger partial charge on any atom is 0.339 e. The van der Waals surface area contributed by atoms with E-state index in [1.165, 1.54) is 24.3 Å². The van der Waals surface area contributed by atoms with E-state index >= 15 is 0 Å². The molecule has 10 nitrogen and oxygen atoms in total. The SMILES string of the molecule is CCOc1cc(/C=C(\C#N)C(=O)NCc2ccccc2)ccc1OS(=O)(=O)c1ccc([N+](=O)[O-])cc1. The molecule has 0 unspecified atom stereocenters. The van der Waals surface area contributed by atoms with Gasteiger partial charge in [0.05, 0.1) is 11.5 Å². The second-order valence-corrected chi connectivity index (χ2v) is 8.81. The molecule has 0 bridgehead atoms. The van der Waals surface area contributed by atoms with Gasteiger partial charge in [-0.05, 0) is 48.4 Å². The van der Waals surface area contributed by atoms with Crippen LogP contribution < -0.4 is 14.2 Å². The highest BCUT2D eigenvalue weighted by Gasteiger charge is 2.21. The van der Waals surface area contributed by atoms with Crippen LogP contribution in [0.2, 0.25) is 0 Å². The molecule has 0 atom stereocenters. The number of amides is 1. The molecule has 36 heavy (non-hydrogen) atoms. The van der Waals surface area contributed by atoms with Gasteiger partial charge in [-0.25, -0.2) is 0 Å². The molecular weight excluding hydrogens is 486 g/mol. The van der Waals surface area contributed by atoms with Crippen molar-refractivity contribution in [3.8, 4) is 17.6 Å². The van der Waals surface area contributed by atoms with Crippen LogP contribution in [0.3, 0.4) is 0 Å². The summed E-state index contributed by atoms with van der Waals surface area (Å²) in [5.41, 5.74) is 0.865. The van der Waals surface area contributed by atoms with Crippen molar-refractivity contribution in [1.82, 2.24) is 5.32 Å². The van der Waals surface area contributed by atoms with Gasteiger partial charge in [-0.2, -0.15) is 13.7 Å². The molecule has 11 heteroatoms. The van der Waals surface area contributed by atoms with E-state index in [9.17, 15) is 28.6 Å². The van der Waals surface area contributed by atoms with E-state index in [4.69, 9.17) is 8.92 Å². The first-order valence-electron chi connectivity index (χ1n) is 10.6. The van der Waals surface area contributed by atoms with Crippen LogP contribution in [0.15, 0.2) is 83.3 Å². The number of hydrogen-bond donors (Lipinski definition) is 1. The number of carbonyl (C=O) groups excluding carboxylic acids is 1. The van der Waals surface area contributed by atoms with E-state index in [1.807, 2.05) is 36.4 Å². The smallest absolute Gasteiger partial charge is 0.339 e. The number of hydrogen-bond acceptors (Lipinski definition) is 8. The second kappa shape index (κ2) is 11.6. The van der Waals surface area contributed by atoms with E-state index in [1.54, 1.807) is 6.92 Å². The van der Waals surface area contributed by atoms with Crippen LogP contribution in [-0.2, 0) is 21.5 Å². The van der Waals surface area contributed by atoms with Crippen molar-refractivity contribution >= 4 is 27.8 Å². The predicted molar refractivity (Wildman–Crippen MR) is 130 cm³/mol. The zero-order valence-electron chi connectivity index (χ0n) is 19.1. The summed E-state index contributed by atoms with van der Waals surface area (Å²) in [6.07, 6.45) is 1.34. The minimum atomic E-state index is -4.32. The third kappa shape index (κ3) is 6.68. The Morgan fingerprint density at radius 2 is 1.78 bits per heavy atom. The monoisotopic (exact) mass is 507 g/mol. The third-order valence-corrected chi connectivity index (χ3v) is 6.02. The molecule has 1 N–H and O–H groups in total. The summed E-state index contributed by atoms with van der Waals surface area (Å²) < 4.78 is 36.0. The van der Waals surface area contributed by atoms with Gasteiger partial charge in [0.25, 0.3) is 11.6 Å². The van der Waals surface area contributed by atoms with Crippen LogP contribution in [0, 0.1) is 21.4 Å². The van der Waals surface area contributed by atoms with E-state index < -0.39 is 20.9 Å². The fourth-order valence-electron chi connectivity index (χ4n) is 3.04. The fraction of sp³-hybridized carbons (Fsp3) is 0.120. The van der Waals surface area contributed by atoms with Crippen LogP contribution >= 0.6 is 0 Å². The molecule has 0 heterocycles. The molecule has 0 aromatic heterocycles. The Kier molecular flexibility index (Phi) is 8.38. The van der Waals surface area contributed by atoms with Crippen molar-refractivity contribution < 1.29 is 27.1 Å². The Balaban J connectivity index is 1.81. The molecule has 3 aromatic carbocycles. The Bertz CT molecular complexity index is 1430. The Hall–Kier alpha value is -4.69. The summed E-state index contributed by atoms with van der Waals surface area (Å²) in [4.78, 5) is 22.3. The summed E-state index contributed by atoms with van der Waals surface area (Å²) in [7, 11) is -4.32. The number of carbonyl (C=O) groups is 1. The van der Waals surface area contributed by atoms with Crippen molar-refractivity contribution in [2.75, 3.05) is 6.61 Å². The molecule has 0 saturated carbocycles. The Morgan fingerprint density at radius 1 is 1.08 bits per heavy atom. The van der Waals surface area contributed by atoms with Gasteiger partial charge in [-0.3, -0.25) is 14.9 Å². The number of nitro groups is 1. The molecule has 0 fully saturated rings. The van der Waals surface area contributed by atoms with E-state index in [2.05, 4.69) is 5.32 Å². The van der Waals surface area contributed by atoms with Crippen LogP contribution in [0.25, 0.3) is 6.08 Å². The van der Waals surface area contributed by atoms with Gasteiger partial charge in [0.2, 0.25) is 0 Å². The number of nitrogens with one attached hydrogen (secondary N) is 1. The van der Waals surface area contributed by atoms with Gasteiger partial charge in [-0.1, -0.05) is 36.4 Å². The lowest BCUT2D eigenvalue weighted by molar-refractivity contribution is -0.384.